The molecule has 1 amide bonds. The van der Waals surface area contributed by atoms with E-state index in [-0.39, 0.29) is 11.9 Å². The molecule has 0 aliphatic carbocycles. The van der Waals surface area contributed by atoms with E-state index in [2.05, 4.69) is 22.2 Å². The van der Waals surface area contributed by atoms with Crippen LogP contribution in [-0.2, 0) is 4.79 Å². The van der Waals surface area contributed by atoms with Gasteiger partial charge in [-0.15, -0.1) is 0 Å². The molecule has 0 saturated carbocycles. The molecule has 1 fully saturated rings. The number of nitrogens with one attached hydrogen (secondary N) is 1. The van der Waals surface area contributed by atoms with Crippen LogP contribution in [0.15, 0.2) is 12.3 Å². The Hall–Kier alpha value is -1.85. The number of carbonyl (C=O) groups excluding carboxylic acids is 1. The van der Waals surface area contributed by atoms with E-state index >= 15 is 0 Å². The molecule has 2 heterocycles. The van der Waals surface area contributed by atoms with Crippen molar-refractivity contribution in [2.24, 2.45) is 5.73 Å². The van der Waals surface area contributed by atoms with Gasteiger partial charge in [0.2, 0.25) is 11.9 Å². The molecule has 18 heavy (non-hydrogen) atoms. The van der Waals surface area contributed by atoms with Gasteiger partial charge in [0.15, 0.2) is 0 Å². The Morgan fingerprint density at radius 3 is 3.22 bits per heavy atom. The van der Waals surface area contributed by atoms with Crippen molar-refractivity contribution in [2.75, 3.05) is 23.3 Å². The molecule has 1 aromatic rings. The normalized spacial score (nSPS) is 18.9. The molecule has 98 valence electrons. The second-order valence-electron chi connectivity index (χ2n) is 4.42. The van der Waals surface area contributed by atoms with Crippen molar-refractivity contribution in [3.05, 3.63) is 12.3 Å². The van der Waals surface area contributed by atoms with Crippen molar-refractivity contribution in [1.29, 1.82) is 0 Å². The molecule has 0 aromatic carbocycles. The molecule has 1 aliphatic rings. The highest BCUT2D eigenvalue weighted by atomic mass is 16.1. The molecule has 1 aliphatic heterocycles. The summed E-state index contributed by atoms with van der Waals surface area (Å²) in [5.41, 5.74) is 5.40. The Morgan fingerprint density at radius 1 is 1.67 bits per heavy atom. The van der Waals surface area contributed by atoms with E-state index in [1.807, 2.05) is 11.0 Å². The van der Waals surface area contributed by atoms with Crippen LogP contribution in [0.4, 0.5) is 11.8 Å². The number of aromatic nitrogens is 2. The van der Waals surface area contributed by atoms with Crippen molar-refractivity contribution in [2.45, 2.75) is 32.2 Å². The highest BCUT2D eigenvalue weighted by molar-refractivity contribution is 5.83. The number of rotatable bonds is 5. The molecule has 6 nitrogen and oxygen atoms in total. The van der Waals surface area contributed by atoms with E-state index in [4.69, 9.17) is 5.73 Å². The summed E-state index contributed by atoms with van der Waals surface area (Å²) in [6.45, 7) is 3.74. The second kappa shape index (κ2) is 5.66. The summed E-state index contributed by atoms with van der Waals surface area (Å²) in [5.74, 6) is 1.09. The molecule has 0 bridgehead atoms. The summed E-state index contributed by atoms with van der Waals surface area (Å²) in [6, 6.07) is 1.58. The highest BCUT2D eigenvalue weighted by Gasteiger charge is 2.30. The summed E-state index contributed by atoms with van der Waals surface area (Å²) in [7, 11) is 0. The zero-order chi connectivity index (χ0) is 13.0. The Bertz CT molecular complexity index is 423. The van der Waals surface area contributed by atoms with Crippen LogP contribution in [0.2, 0.25) is 0 Å². The van der Waals surface area contributed by atoms with Gasteiger partial charge in [-0.2, -0.15) is 4.98 Å². The van der Waals surface area contributed by atoms with Gasteiger partial charge in [-0.05, 0) is 25.3 Å². The molecule has 1 aromatic heterocycles. The van der Waals surface area contributed by atoms with Crippen molar-refractivity contribution in [3.8, 4) is 0 Å². The van der Waals surface area contributed by atoms with E-state index in [9.17, 15) is 4.79 Å². The number of hydrogen-bond donors (Lipinski definition) is 2. The first-order valence-corrected chi connectivity index (χ1v) is 6.35. The lowest BCUT2D eigenvalue weighted by Gasteiger charge is -2.23. The monoisotopic (exact) mass is 249 g/mol. The Labute approximate surface area is 107 Å². The largest absolute Gasteiger partial charge is 0.368 e. The first-order valence-electron chi connectivity index (χ1n) is 6.35. The van der Waals surface area contributed by atoms with Crippen molar-refractivity contribution in [1.82, 2.24) is 9.97 Å². The van der Waals surface area contributed by atoms with Crippen LogP contribution in [0.1, 0.15) is 26.2 Å². The van der Waals surface area contributed by atoms with Crippen molar-refractivity contribution >= 4 is 17.7 Å². The second-order valence-corrected chi connectivity index (χ2v) is 4.42. The maximum atomic E-state index is 11.4. The maximum absolute atomic E-state index is 11.4. The van der Waals surface area contributed by atoms with Gasteiger partial charge < -0.3 is 16.0 Å². The van der Waals surface area contributed by atoms with Crippen LogP contribution in [-0.4, -0.2) is 35.0 Å². The summed E-state index contributed by atoms with van der Waals surface area (Å²) < 4.78 is 0. The molecule has 1 atom stereocenters. The zero-order valence-electron chi connectivity index (χ0n) is 10.6. The average Bonchev–Trinajstić information content (AvgIpc) is 2.86. The maximum Gasteiger partial charge on any atom is 0.240 e. The summed E-state index contributed by atoms with van der Waals surface area (Å²) in [4.78, 5) is 21.9. The molecular formula is C12H19N5O. The smallest absolute Gasteiger partial charge is 0.240 e. The first kappa shape index (κ1) is 12.6. The molecule has 6 heteroatoms. The van der Waals surface area contributed by atoms with E-state index in [1.54, 1.807) is 6.20 Å². The van der Waals surface area contributed by atoms with E-state index in [1.165, 1.54) is 0 Å². The number of nitrogens with two attached hydrogens (primary N) is 1. The van der Waals surface area contributed by atoms with Gasteiger partial charge in [-0.3, -0.25) is 4.79 Å². The number of nitrogens with zero attached hydrogens (tertiary/aromatic N) is 3. The molecule has 3 N–H and O–H groups in total. The minimum Gasteiger partial charge on any atom is -0.368 e. The molecule has 0 spiro atoms. The number of amides is 1. The van der Waals surface area contributed by atoms with Gasteiger partial charge in [0.1, 0.15) is 11.9 Å². The first-order chi connectivity index (χ1) is 8.72. The lowest BCUT2D eigenvalue weighted by Crippen LogP contribution is -2.40. The van der Waals surface area contributed by atoms with E-state index in [0.717, 1.165) is 38.2 Å². The quantitative estimate of drug-likeness (QED) is 0.804. The predicted octanol–water partition coefficient (Wildman–Crippen LogP) is 0.753. The molecular weight excluding hydrogens is 230 g/mol. The van der Waals surface area contributed by atoms with Gasteiger partial charge in [-0.1, -0.05) is 6.92 Å². The standard InChI is InChI=1S/C12H19N5O/c1-2-6-14-12-15-7-5-10(16-12)17-8-3-4-9(17)11(13)18/h5,7,9H,2-4,6,8H2,1H3,(H2,13,18)(H,14,15,16). The number of anilines is 2. The molecule has 2 rings (SSSR count). The topological polar surface area (TPSA) is 84.1 Å². The Kier molecular flexibility index (Phi) is 3.96. The molecule has 0 radical (unpaired) electrons. The summed E-state index contributed by atoms with van der Waals surface area (Å²) in [6.07, 6.45) is 4.49. The fraction of sp³-hybridized carbons (Fsp3) is 0.583. The third-order valence-electron chi connectivity index (χ3n) is 3.05. The average molecular weight is 249 g/mol. The Morgan fingerprint density at radius 2 is 2.50 bits per heavy atom. The summed E-state index contributed by atoms with van der Waals surface area (Å²) >= 11 is 0. The fourth-order valence-corrected chi connectivity index (χ4v) is 2.17. The van der Waals surface area contributed by atoms with E-state index in [0.29, 0.717) is 5.95 Å². The highest BCUT2D eigenvalue weighted by Crippen LogP contribution is 2.23. The lowest BCUT2D eigenvalue weighted by atomic mass is 10.2. The lowest BCUT2D eigenvalue weighted by molar-refractivity contribution is -0.119. The minimum atomic E-state index is -0.283. The van der Waals surface area contributed by atoms with Gasteiger partial charge in [0.25, 0.3) is 0 Å². The third-order valence-corrected chi connectivity index (χ3v) is 3.05. The molecule has 1 unspecified atom stereocenters. The number of carbonyl (C=O) groups is 1. The van der Waals surface area contributed by atoms with E-state index < -0.39 is 0 Å². The summed E-state index contributed by atoms with van der Waals surface area (Å²) in [5, 5.41) is 3.14. The van der Waals surface area contributed by atoms with Crippen LogP contribution >= 0.6 is 0 Å². The van der Waals surface area contributed by atoms with Crippen LogP contribution in [0.25, 0.3) is 0 Å². The number of primary amides is 1. The van der Waals surface area contributed by atoms with Crippen LogP contribution < -0.4 is 16.0 Å². The van der Waals surface area contributed by atoms with Gasteiger partial charge >= 0.3 is 0 Å². The molecule has 1 saturated heterocycles. The predicted molar refractivity (Wildman–Crippen MR) is 70.4 cm³/mol. The zero-order valence-corrected chi connectivity index (χ0v) is 10.6. The van der Waals surface area contributed by atoms with Crippen LogP contribution in [0.3, 0.4) is 0 Å². The van der Waals surface area contributed by atoms with Crippen molar-refractivity contribution < 1.29 is 4.79 Å². The van der Waals surface area contributed by atoms with Crippen LogP contribution in [0.5, 0.6) is 0 Å². The SMILES string of the molecule is CCCNc1nccc(N2CCCC2C(N)=O)n1. The van der Waals surface area contributed by atoms with Crippen molar-refractivity contribution in [3.63, 3.8) is 0 Å². The fourth-order valence-electron chi connectivity index (χ4n) is 2.17. The third kappa shape index (κ3) is 2.69. The van der Waals surface area contributed by atoms with Gasteiger partial charge in [-0.25, -0.2) is 4.98 Å². The number of hydrogen-bond acceptors (Lipinski definition) is 5. The Balaban J connectivity index is 2.14. The van der Waals surface area contributed by atoms with Gasteiger partial charge in [0, 0.05) is 19.3 Å². The minimum absolute atomic E-state index is 0.237. The van der Waals surface area contributed by atoms with Crippen LogP contribution in [0, 0.1) is 0 Å². The van der Waals surface area contributed by atoms with Gasteiger partial charge in [0.05, 0.1) is 0 Å².